The van der Waals surface area contributed by atoms with Gasteiger partial charge in [-0.15, -0.1) is 0 Å². The lowest BCUT2D eigenvalue weighted by Gasteiger charge is -2.11. The number of hydrogen-bond donors (Lipinski definition) is 2. The smallest absolute Gasteiger partial charge is 0.257 e. The highest BCUT2D eigenvalue weighted by atomic mass is 32.1. The minimum Gasteiger partial charge on any atom is -0.483 e. The van der Waals surface area contributed by atoms with Crippen LogP contribution in [0.5, 0.6) is 5.75 Å². The van der Waals surface area contributed by atoms with E-state index in [4.69, 9.17) is 22.7 Å². The maximum absolute atomic E-state index is 11.7. The Bertz CT molecular complexity index is 478. The third kappa shape index (κ3) is 7.06. The van der Waals surface area contributed by atoms with Gasteiger partial charge in [0.1, 0.15) is 10.7 Å². The maximum Gasteiger partial charge on any atom is 0.257 e. The number of unbranched alkanes of at least 4 members (excludes halogenated alkanes) is 1. The molecular formula is C15H23N3O2S. The Morgan fingerprint density at radius 3 is 2.71 bits per heavy atom. The van der Waals surface area contributed by atoms with E-state index in [1.165, 1.54) is 0 Å². The fraction of sp³-hybridized carbons (Fsp3) is 0.467. The summed E-state index contributed by atoms with van der Waals surface area (Å²) in [6.07, 6.45) is 2.01. The Labute approximate surface area is 131 Å². The number of benzene rings is 1. The maximum atomic E-state index is 11.7. The first kappa shape index (κ1) is 17.4. The van der Waals surface area contributed by atoms with Gasteiger partial charge in [-0.25, -0.2) is 0 Å². The van der Waals surface area contributed by atoms with Crippen molar-refractivity contribution in [3.05, 3.63) is 29.8 Å². The number of ether oxygens (including phenoxy) is 1. The molecule has 0 spiro atoms. The Balaban J connectivity index is 2.29. The van der Waals surface area contributed by atoms with Crippen LogP contribution in [0, 0.1) is 0 Å². The predicted molar refractivity (Wildman–Crippen MR) is 88.6 cm³/mol. The minimum atomic E-state index is -0.141. The van der Waals surface area contributed by atoms with E-state index in [2.05, 4.69) is 10.2 Å². The summed E-state index contributed by atoms with van der Waals surface area (Å²) < 4.78 is 5.47. The summed E-state index contributed by atoms with van der Waals surface area (Å²) in [5.41, 5.74) is 6.25. The number of amides is 1. The van der Waals surface area contributed by atoms with E-state index < -0.39 is 0 Å². The van der Waals surface area contributed by atoms with E-state index in [9.17, 15) is 4.79 Å². The highest BCUT2D eigenvalue weighted by molar-refractivity contribution is 7.80. The number of nitrogens with two attached hydrogens (primary N) is 1. The molecule has 1 aromatic rings. The van der Waals surface area contributed by atoms with Crippen LogP contribution >= 0.6 is 12.2 Å². The fourth-order valence-electron chi connectivity index (χ4n) is 1.77. The van der Waals surface area contributed by atoms with Gasteiger partial charge in [0.2, 0.25) is 0 Å². The Kier molecular flexibility index (Phi) is 7.71. The van der Waals surface area contributed by atoms with Crippen molar-refractivity contribution in [2.75, 3.05) is 33.8 Å². The van der Waals surface area contributed by atoms with Gasteiger partial charge in [-0.3, -0.25) is 4.79 Å². The van der Waals surface area contributed by atoms with Gasteiger partial charge in [-0.1, -0.05) is 24.4 Å². The summed E-state index contributed by atoms with van der Waals surface area (Å²) >= 11 is 4.94. The van der Waals surface area contributed by atoms with Crippen LogP contribution < -0.4 is 15.8 Å². The molecule has 116 valence electrons. The quantitative estimate of drug-likeness (QED) is 0.529. The zero-order valence-electron chi connectivity index (χ0n) is 12.6. The molecule has 1 aromatic carbocycles. The number of carbonyl (C=O) groups is 1. The number of para-hydroxylation sites is 1. The van der Waals surface area contributed by atoms with Gasteiger partial charge in [-0.05, 0) is 45.6 Å². The van der Waals surface area contributed by atoms with Gasteiger partial charge in [0.15, 0.2) is 6.61 Å². The molecule has 0 saturated heterocycles. The molecule has 0 aliphatic heterocycles. The molecule has 0 radical (unpaired) electrons. The van der Waals surface area contributed by atoms with Crippen LogP contribution in [0.1, 0.15) is 18.4 Å². The van der Waals surface area contributed by atoms with Gasteiger partial charge < -0.3 is 20.7 Å². The van der Waals surface area contributed by atoms with E-state index in [-0.39, 0.29) is 17.5 Å². The molecule has 1 rings (SSSR count). The molecule has 3 N–H and O–H groups in total. The molecule has 0 heterocycles. The number of rotatable bonds is 9. The van der Waals surface area contributed by atoms with Crippen molar-refractivity contribution in [2.24, 2.45) is 5.73 Å². The normalized spacial score (nSPS) is 10.4. The summed E-state index contributed by atoms with van der Waals surface area (Å²) in [7, 11) is 4.07. The second-order valence-electron chi connectivity index (χ2n) is 5.01. The van der Waals surface area contributed by atoms with Crippen LogP contribution in [0.15, 0.2) is 24.3 Å². The van der Waals surface area contributed by atoms with Crippen molar-refractivity contribution in [3.63, 3.8) is 0 Å². The lowest BCUT2D eigenvalue weighted by molar-refractivity contribution is -0.123. The first-order chi connectivity index (χ1) is 10.0. The van der Waals surface area contributed by atoms with E-state index in [1.54, 1.807) is 12.1 Å². The van der Waals surface area contributed by atoms with Crippen LogP contribution in [-0.2, 0) is 4.79 Å². The molecule has 0 aliphatic rings. The van der Waals surface area contributed by atoms with Crippen LogP contribution in [-0.4, -0.2) is 49.6 Å². The summed E-state index contributed by atoms with van der Waals surface area (Å²) in [6, 6.07) is 7.16. The Morgan fingerprint density at radius 1 is 1.33 bits per heavy atom. The monoisotopic (exact) mass is 309 g/mol. The van der Waals surface area contributed by atoms with Crippen molar-refractivity contribution >= 4 is 23.1 Å². The van der Waals surface area contributed by atoms with E-state index in [0.717, 1.165) is 19.4 Å². The highest BCUT2D eigenvalue weighted by Crippen LogP contribution is 2.17. The van der Waals surface area contributed by atoms with E-state index in [0.29, 0.717) is 17.9 Å². The average molecular weight is 309 g/mol. The fourth-order valence-corrected chi connectivity index (χ4v) is 1.94. The van der Waals surface area contributed by atoms with Gasteiger partial charge in [0.05, 0.1) is 5.56 Å². The number of carbonyl (C=O) groups excluding carboxylic acids is 1. The standard InChI is InChI=1S/C15H23N3O2S/c1-18(2)10-6-5-9-17-14(19)11-20-13-8-4-3-7-12(13)15(16)21/h3-4,7-8H,5-6,9-11H2,1-2H3,(H2,16,21)(H,17,19). The average Bonchev–Trinajstić information content (AvgIpc) is 2.44. The molecule has 0 aromatic heterocycles. The van der Waals surface area contributed by atoms with Crippen molar-refractivity contribution in [1.82, 2.24) is 10.2 Å². The third-order valence-electron chi connectivity index (χ3n) is 2.87. The topological polar surface area (TPSA) is 67.6 Å². The molecule has 0 aliphatic carbocycles. The van der Waals surface area contributed by atoms with Gasteiger partial charge >= 0.3 is 0 Å². The first-order valence-corrected chi connectivity index (χ1v) is 7.34. The van der Waals surface area contributed by atoms with Crippen molar-refractivity contribution in [3.8, 4) is 5.75 Å². The second-order valence-corrected chi connectivity index (χ2v) is 5.45. The minimum absolute atomic E-state index is 0.0344. The number of hydrogen-bond acceptors (Lipinski definition) is 4. The van der Waals surface area contributed by atoms with Crippen LogP contribution in [0.25, 0.3) is 0 Å². The van der Waals surface area contributed by atoms with Crippen LogP contribution in [0.4, 0.5) is 0 Å². The molecule has 0 fully saturated rings. The largest absolute Gasteiger partial charge is 0.483 e. The second kappa shape index (κ2) is 9.31. The first-order valence-electron chi connectivity index (χ1n) is 6.93. The molecule has 6 heteroatoms. The van der Waals surface area contributed by atoms with E-state index in [1.807, 2.05) is 26.2 Å². The molecule has 0 unspecified atom stereocenters. The van der Waals surface area contributed by atoms with Gasteiger partial charge in [-0.2, -0.15) is 0 Å². The van der Waals surface area contributed by atoms with Gasteiger partial charge in [0.25, 0.3) is 5.91 Å². The molecule has 0 atom stereocenters. The molecule has 21 heavy (non-hydrogen) atoms. The highest BCUT2D eigenvalue weighted by Gasteiger charge is 2.07. The zero-order chi connectivity index (χ0) is 15.7. The molecule has 1 amide bonds. The summed E-state index contributed by atoms with van der Waals surface area (Å²) in [4.78, 5) is 14.1. The van der Waals surface area contributed by atoms with Crippen molar-refractivity contribution < 1.29 is 9.53 Å². The lowest BCUT2D eigenvalue weighted by Crippen LogP contribution is -2.30. The zero-order valence-corrected chi connectivity index (χ0v) is 13.4. The van der Waals surface area contributed by atoms with Crippen LogP contribution in [0.2, 0.25) is 0 Å². The predicted octanol–water partition coefficient (Wildman–Crippen LogP) is 1.16. The molecule has 0 saturated carbocycles. The SMILES string of the molecule is CN(C)CCCCNC(=O)COc1ccccc1C(N)=S. The van der Waals surface area contributed by atoms with Crippen LogP contribution in [0.3, 0.4) is 0 Å². The van der Waals surface area contributed by atoms with Crippen molar-refractivity contribution in [2.45, 2.75) is 12.8 Å². The Hall–Kier alpha value is -1.66. The summed E-state index contributed by atoms with van der Waals surface area (Å²) in [6.45, 7) is 1.65. The lowest BCUT2D eigenvalue weighted by atomic mass is 10.2. The third-order valence-corrected chi connectivity index (χ3v) is 3.09. The Morgan fingerprint density at radius 2 is 2.05 bits per heavy atom. The summed E-state index contributed by atoms with van der Waals surface area (Å²) in [5.74, 6) is 0.394. The van der Waals surface area contributed by atoms with E-state index >= 15 is 0 Å². The number of nitrogens with one attached hydrogen (secondary N) is 1. The summed E-state index contributed by atoms with van der Waals surface area (Å²) in [5, 5.41) is 2.83. The number of thiocarbonyl (C=S) groups is 1. The number of nitrogens with zero attached hydrogens (tertiary/aromatic N) is 1. The molecule has 0 bridgehead atoms. The van der Waals surface area contributed by atoms with Crippen molar-refractivity contribution in [1.29, 1.82) is 0 Å². The molecular weight excluding hydrogens is 286 g/mol. The molecule has 5 nitrogen and oxygen atoms in total. The van der Waals surface area contributed by atoms with Gasteiger partial charge in [0, 0.05) is 6.54 Å².